The summed E-state index contributed by atoms with van der Waals surface area (Å²) in [5, 5.41) is 16.0. The average molecular weight is 402 g/mol. The molecule has 29 heavy (non-hydrogen) atoms. The first-order chi connectivity index (χ1) is 13.9. The van der Waals surface area contributed by atoms with Gasteiger partial charge in [-0.25, -0.2) is 4.39 Å². The van der Waals surface area contributed by atoms with Crippen LogP contribution in [0.2, 0.25) is 0 Å². The number of carbonyl (C=O) groups is 2. The van der Waals surface area contributed by atoms with E-state index in [1.807, 2.05) is 0 Å². The molecule has 1 aliphatic heterocycles. The number of aliphatic hydroxyl groups excluding tert-OH is 1. The molecule has 1 saturated carbocycles. The Morgan fingerprint density at radius 1 is 1.31 bits per heavy atom. The molecule has 8 nitrogen and oxygen atoms in total. The van der Waals surface area contributed by atoms with E-state index in [-0.39, 0.29) is 41.8 Å². The summed E-state index contributed by atoms with van der Waals surface area (Å²) < 4.78 is 21.4. The predicted octanol–water partition coefficient (Wildman–Crippen LogP) is 1.42. The third kappa shape index (κ3) is 4.01. The van der Waals surface area contributed by atoms with Crippen LogP contribution in [0.15, 0.2) is 30.6 Å². The number of amides is 2. The molecule has 0 unspecified atom stereocenters. The van der Waals surface area contributed by atoms with Gasteiger partial charge in [0.15, 0.2) is 0 Å². The molecule has 2 N–H and O–H groups in total. The number of hydrogen-bond donors (Lipinski definition) is 2. The Kier molecular flexibility index (Phi) is 5.33. The fourth-order valence-electron chi connectivity index (χ4n) is 4.14. The fraction of sp³-hybridized carbons (Fsp3) is 0.450. The molecule has 2 aromatic rings. The van der Waals surface area contributed by atoms with Gasteiger partial charge in [0.1, 0.15) is 5.82 Å². The van der Waals surface area contributed by atoms with Crippen LogP contribution in [0.25, 0.3) is 0 Å². The van der Waals surface area contributed by atoms with E-state index in [2.05, 4.69) is 10.4 Å². The first-order valence-electron chi connectivity index (χ1n) is 9.58. The molecule has 1 aliphatic carbocycles. The van der Waals surface area contributed by atoms with Gasteiger partial charge in [-0.1, -0.05) is 0 Å². The smallest absolute Gasteiger partial charge is 0.258 e. The second kappa shape index (κ2) is 7.92. The van der Waals surface area contributed by atoms with Crippen LogP contribution in [0.1, 0.15) is 33.6 Å². The standard InChI is InChI=1S/C20H23FN4O4/c1-24-10-14(9-22-24)19(27)23-16-7-13(6-15(21)8-16)20(28)25-2-3-29-18-5-12(11-26)4-17(18)25/h6-10,12,17-18,26H,2-5,11H2,1H3,(H,23,27)/t12-,17+,18+/m1/s1. The highest BCUT2D eigenvalue weighted by Crippen LogP contribution is 2.35. The highest BCUT2D eigenvalue weighted by atomic mass is 19.1. The number of halogens is 1. The largest absolute Gasteiger partial charge is 0.396 e. The summed E-state index contributed by atoms with van der Waals surface area (Å²) in [5.41, 5.74) is 0.702. The van der Waals surface area contributed by atoms with E-state index in [1.165, 1.54) is 29.1 Å². The summed E-state index contributed by atoms with van der Waals surface area (Å²) in [5.74, 6) is -1.25. The Morgan fingerprint density at radius 2 is 2.14 bits per heavy atom. The van der Waals surface area contributed by atoms with Crippen molar-refractivity contribution in [2.24, 2.45) is 13.0 Å². The lowest BCUT2D eigenvalue weighted by molar-refractivity contribution is -0.0448. The highest BCUT2D eigenvalue weighted by molar-refractivity contribution is 6.04. The zero-order chi connectivity index (χ0) is 20.5. The van der Waals surface area contributed by atoms with Crippen molar-refractivity contribution >= 4 is 17.5 Å². The van der Waals surface area contributed by atoms with Crippen LogP contribution in [0.5, 0.6) is 0 Å². The second-order valence-electron chi connectivity index (χ2n) is 7.58. The van der Waals surface area contributed by atoms with Gasteiger partial charge in [-0.3, -0.25) is 14.3 Å². The van der Waals surface area contributed by atoms with Crippen molar-refractivity contribution in [3.8, 4) is 0 Å². The molecule has 9 heteroatoms. The zero-order valence-corrected chi connectivity index (χ0v) is 16.0. The zero-order valence-electron chi connectivity index (χ0n) is 16.0. The van der Waals surface area contributed by atoms with Crippen LogP contribution >= 0.6 is 0 Å². The molecule has 1 saturated heterocycles. The number of aromatic nitrogens is 2. The van der Waals surface area contributed by atoms with Crippen molar-refractivity contribution in [1.82, 2.24) is 14.7 Å². The molecule has 1 aromatic heterocycles. The number of aryl methyl sites for hydroxylation is 1. The summed E-state index contributed by atoms with van der Waals surface area (Å²) in [7, 11) is 1.69. The summed E-state index contributed by atoms with van der Waals surface area (Å²) >= 11 is 0. The van der Waals surface area contributed by atoms with Crippen LogP contribution < -0.4 is 5.32 Å². The molecule has 0 bridgehead atoms. The Labute approximate surface area is 167 Å². The number of carbonyl (C=O) groups excluding carboxylic acids is 2. The summed E-state index contributed by atoms with van der Waals surface area (Å²) in [6.45, 7) is 0.875. The summed E-state index contributed by atoms with van der Waals surface area (Å²) in [6, 6.07) is 3.68. The normalized spacial score (nSPS) is 23.7. The number of morpholine rings is 1. The first kappa shape index (κ1) is 19.5. The maximum Gasteiger partial charge on any atom is 0.258 e. The minimum absolute atomic E-state index is 0.0584. The van der Waals surface area contributed by atoms with E-state index in [4.69, 9.17) is 4.74 Å². The lowest BCUT2D eigenvalue weighted by atomic mass is 10.1. The summed E-state index contributed by atoms with van der Waals surface area (Å²) in [6.07, 6.45) is 4.22. The van der Waals surface area contributed by atoms with Crippen LogP contribution in [0.4, 0.5) is 10.1 Å². The van der Waals surface area contributed by atoms with Crippen LogP contribution in [0.3, 0.4) is 0 Å². The molecule has 2 amide bonds. The third-order valence-electron chi connectivity index (χ3n) is 5.52. The number of hydrogen-bond acceptors (Lipinski definition) is 5. The van der Waals surface area contributed by atoms with Gasteiger partial charge >= 0.3 is 0 Å². The number of ether oxygens (including phenoxy) is 1. The van der Waals surface area contributed by atoms with Gasteiger partial charge in [0.2, 0.25) is 0 Å². The minimum atomic E-state index is -0.609. The van der Waals surface area contributed by atoms with Crippen LogP contribution in [0, 0.1) is 11.7 Å². The number of rotatable bonds is 4. The Bertz CT molecular complexity index is 931. The monoisotopic (exact) mass is 402 g/mol. The first-order valence-corrected chi connectivity index (χ1v) is 9.58. The molecule has 1 aromatic carbocycles. The van der Waals surface area contributed by atoms with Gasteiger partial charge in [0, 0.05) is 37.6 Å². The topological polar surface area (TPSA) is 96.7 Å². The third-order valence-corrected chi connectivity index (χ3v) is 5.52. The number of benzene rings is 1. The van der Waals surface area contributed by atoms with E-state index in [0.717, 1.165) is 0 Å². The van der Waals surface area contributed by atoms with Gasteiger partial charge in [0.25, 0.3) is 11.8 Å². The van der Waals surface area contributed by atoms with E-state index >= 15 is 0 Å². The molecule has 0 spiro atoms. The van der Waals surface area contributed by atoms with Gasteiger partial charge < -0.3 is 20.1 Å². The number of fused-ring (bicyclic) bond motifs is 1. The Hall–Kier alpha value is -2.78. The molecule has 4 rings (SSSR count). The van der Waals surface area contributed by atoms with Gasteiger partial charge in [-0.05, 0) is 37.0 Å². The predicted molar refractivity (Wildman–Crippen MR) is 102 cm³/mol. The fourth-order valence-corrected chi connectivity index (χ4v) is 4.14. The lowest BCUT2D eigenvalue weighted by Crippen LogP contribution is -2.51. The number of nitrogens with zero attached hydrogens (tertiary/aromatic N) is 3. The average Bonchev–Trinajstić information content (AvgIpc) is 3.32. The second-order valence-corrected chi connectivity index (χ2v) is 7.58. The number of anilines is 1. The van der Waals surface area contributed by atoms with E-state index in [1.54, 1.807) is 18.1 Å². The Morgan fingerprint density at radius 3 is 2.86 bits per heavy atom. The van der Waals surface area contributed by atoms with E-state index < -0.39 is 11.7 Å². The highest BCUT2D eigenvalue weighted by Gasteiger charge is 2.42. The Balaban J connectivity index is 1.53. The molecule has 154 valence electrons. The number of nitrogens with one attached hydrogen (secondary N) is 1. The SMILES string of the molecule is Cn1cc(C(=O)Nc2cc(F)cc(C(=O)N3CCO[C@H]4C[C@H](CO)C[C@@H]43)c2)cn1. The molecule has 2 aliphatic rings. The van der Waals surface area contributed by atoms with Crippen molar-refractivity contribution in [3.05, 3.63) is 47.5 Å². The minimum Gasteiger partial charge on any atom is -0.396 e. The van der Waals surface area contributed by atoms with Crippen molar-refractivity contribution in [2.45, 2.75) is 25.0 Å². The maximum absolute atomic E-state index is 14.2. The molecule has 2 heterocycles. The molecular weight excluding hydrogens is 379 g/mol. The van der Waals surface area contributed by atoms with Crippen molar-refractivity contribution < 1.29 is 23.8 Å². The van der Waals surface area contributed by atoms with Crippen molar-refractivity contribution in [2.75, 3.05) is 25.1 Å². The quantitative estimate of drug-likeness (QED) is 0.806. The van der Waals surface area contributed by atoms with Gasteiger partial charge in [-0.15, -0.1) is 0 Å². The number of aliphatic hydroxyl groups is 1. The maximum atomic E-state index is 14.2. The van der Waals surface area contributed by atoms with Gasteiger partial charge in [0.05, 0.1) is 30.5 Å². The molecule has 3 atom stereocenters. The summed E-state index contributed by atoms with van der Waals surface area (Å²) in [4.78, 5) is 27.1. The van der Waals surface area contributed by atoms with E-state index in [9.17, 15) is 19.1 Å². The van der Waals surface area contributed by atoms with E-state index in [0.29, 0.717) is 31.6 Å². The van der Waals surface area contributed by atoms with Gasteiger partial charge in [-0.2, -0.15) is 5.10 Å². The molecule has 2 fully saturated rings. The van der Waals surface area contributed by atoms with Crippen molar-refractivity contribution in [1.29, 1.82) is 0 Å². The van der Waals surface area contributed by atoms with Crippen molar-refractivity contribution in [3.63, 3.8) is 0 Å². The van der Waals surface area contributed by atoms with Crippen LogP contribution in [-0.4, -0.2) is 63.5 Å². The van der Waals surface area contributed by atoms with Crippen LogP contribution in [-0.2, 0) is 11.8 Å². The molecular formula is C20H23FN4O4. The molecule has 0 radical (unpaired) electrons. The lowest BCUT2D eigenvalue weighted by Gasteiger charge is -2.37.